The van der Waals surface area contributed by atoms with Gasteiger partial charge in [0.25, 0.3) is 0 Å². The molecule has 0 unspecified atom stereocenters. The molecule has 0 N–H and O–H groups in total. The van der Waals surface area contributed by atoms with Crippen molar-refractivity contribution in [1.82, 2.24) is 4.98 Å². The van der Waals surface area contributed by atoms with E-state index in [1.165, 1.54) is 0 Å². The molecule has 4 nitrogen and oxygen atoms in total. The van der Waals surface area contributed by atoms with Crippen molar-refractivity contribution < 1.29 is 0 Å². The molecule has 1 aromatic heterocycles. The number of rotatable bonds is 4. The lowest BCUT2D eigenvalue weighted by Gasteiger charge is -2.40. The van der Waals surface area contributed by atoms with Crippen LogP contribution in [0.25, 0.3) is 22.4 Å². The average molecular weight is 513 g/mol. The molecule has 7 rings (SSSR count). The van der Waals surface area contributed by atoms with Gasteiger partial charge in [-0.05, 0) is 71.8 Å². The summed E-state index contributed by atoms with van der Waals surface area (Å²) in [6, 6.07) is 50.4. The third kappa shape index (κ3) is 3.98. The fourth-order valence-electron chi connectivity index (χ4n) is 5.45. The standard InChI is InChI=1S/C36H24N4/c37-25-29-11-9-23-38-36(29)27-21-19-26(20-22-27)28-10-8-14-31(24-28)40-34-17-6-4-15-32(34)39(30-12-2-1-3-13-30)33-16-5-7-18-35(33)40/h1-24H. The Bertz CT molecular complexity index is 1820. The second-order valence-corrected chi connectivity index (χ2v) is 9.62. The van der Waals surface area contributed by atoms with Crippen LogP contribution < -0.4 is 9.80 Å². The molecule has 0 atom stereocenters. The molecule has 188 valence electrons. The van der Waals surface area contributed by atoms with E-state index in [1.54, 1.807) is 18.3 Å². The van der Waals surface area contributed by atoms with Gasteiger partial charge >= 0.3 is 0 Å². The molecule has 0 bridgehead atoms. The summed E-state index contributed by atoms with van der Waals surface area (Å²) in [6.07, 6.45) is 1.72. The molecule has 0 saturated heterocycles. The molecule has 0 radical (unpaired) electrons. The largest absolute Gasteiger partial charge is 0.306 e. The number of benzene rings is 5. The van der Waals surface area contributed by atoms with E-state index in [0.29, 0.717) is 11.3 Å². The Hall–Kier alpha value is -5.66. The molecule has 5 aromatic carbocycles. The number of hydrogen-bond acceptors (Lipinski definition) is 4. The Balaban J connectivity index is 1.32. The summed E-state index contributed by atoms with van der Waals surface area (Å²) in [5.74, 6) is 0. The molecule has 6 aromatic rings. The van der Waals surface area contributed by atoms with Crippen LogP contribution in [-0.4, -0.2) is 4.98 Å². The van der Waals surface area contributed by atoms with Crippen LogP contribution >= 0.6 is 0 Å². The van der Waals surface area contributed by atoms with E-state index in [9.17, 15) is 5.26 Å². The summed E-state index contributed by atoms with van der Waals surface area (Å²) in [5, 5.41) is 9.49. The van der Waals surface area contributed by atoms with Crippen LogP contribution in [0, 0.1) is 11.3 Å². The summed E-state index contributed by atoms with van der Waals surface area (Å²) in [4.78, 5) is 9.11. The van der Waals surface area contributed by atoms with Gasteiger partial charge in [0.2, 0.25) is 0 Å². The summed E-state index contributed by atoms with van der Waals surface area (Å²) in [7, 11) is 0. The van der Waals surface area contributed by atoms with Crippen molar-refractivity contribution in [3.05, 3.63) is 151 Å². The van der Waals surface area contributed by atoms with Gasteiger partial charge in [-0.15, -0.1) is 0 Å². The minimum Gasteiger partial charge on any atom is -0.306 e. The lowest BCUT2D eigenvalue weighted by Crippen LogP contribution is -2.23. The predicted octanol–water partition coefficient (Wildman–Crippen LogP) is 9.54. The van der Waals surface area contributed by atoms with Crippen molar-refractivity contribution in [2.45, 2.75) is 0 Å². The van der Waals surface area contributed by atoms with Crippen LogP contribution in [0.5, 0.6) is 0 Å². The van der Waals surface area contributed by atoms with Crippen LogP contribution in [0.1, 0.15) is 5.56 Å². The van der Waals surface area contributed by atoms with Crippen LogP contribution in [0.3, 0.4) is 0 Å². The molecule has 0 aliphatic carbocycles. The molecule has 0 fully saturated rings. The number of nitriles is 1. The molecular formula is C36H24N4. The van der Waals surface area contributed by atoms with Gasteiger partial charge in [-0.25, -0.2) is 0 Å². The SMILES string of the molecule is N#Cc1cccnc1-c1ccc(-c2cccc(N3c4ccccc4N(c4ccccc4)c4ccccc43)c2)cc1. The van der Waals surface area contributed by atoms with Gasteiger partial charge in [-0.3, -0.25) is 4.98 Å². The molecule has 1 aliphatic heterocycles. The first-order valence-electron chi connectivity index (χ1n) is 13.2. The minimum atomic E-state index is 0.573. The van der Waals surface area contributed by atoms with E-state index in [-0.39, 0.29) is 0 Å². The van der Waals surface area contributed by atoms with Gasteiger partial charge in [-0.2, -0.15) is 5.26 Å². The quantitative estimate of drug-likeness (QED) is 0.235. The highest BCUT2D eigenvalue weighted by Crippen LogP contribution is 2.54. The Morgan fingerprint density at radius 2 is 1.02 bits per heavy atom. The van der Waals surface area contributed by atoms with Gasteiger partial charge in [0.15, 0.2) is 0 Å². The summed E-state index contributed by atoms with van der Waals surface area (Å²) < 4.78 is 0. The lowest BCUT2D eigenvalue weighted by molar-refractivity contribution is 1.17. The monoisotopic (exact) mass is 512 g/mol. The van der Waals surface area contributed by atoms with E-state index in [2.05, 4.69) is 130 Å². The minimum absolute atomic E-state index is 0.573. The first-order chi connectivity index (χ1) is 19.8. The predicted molar refractivity (Wildman–Crippen MR) is 163 cm³/mol. The van der Waals surface area contributed by atoms with Crippen LogP contribution in [-0.2, 0) is 0 Å². The van der Waals surface area contributed by atoms with Crippen molar-refractivity contribution in [2.24, 2.45) is 0 Å². The third-order valence-corrected chi connectivity index (χ3v) is 7.27. The zero-order valence-corrected chi connectivity index (χ0v) is 21.6. The van der Waals surface area contributed by atoms with Crippen molar-refractivity contribution in [1.29, 1.82) is 5.26 Å². The first-order valence-corrected chi connectivity index (χ1v) is 13.2. The smallest absolute Gasteiger partial charge is 0.101 e. The highest BCUT2D eigenvalue weighted by molar-refractivity contribution is 6.01. The van der Waals surface area contributed by atoms with Crippen molar-refractivity contribution in [3.8, 4) is 28.5 Å². The summed E-state index contributed by atoms with van der Waals surface area (Å²) >= 11 is 0. The second kappa shape index (κ2) is 9.90. The second-order valence-electron chi connectivity index (χ2n) is 9.62. The van der Waals surface area contributed by atoms with Gasteiger partial charge in [0.05, 0.1) is 34.0 Å². The maximum Gasteiger partial charge on any atom is 0.101 e. The molecule has 0 spiro atoms. The molecule has 40 heavy (non-hydrogen) atoms. The van der Waals surface area contributed by atoms with E-state index in [0.717, 1.165) is 50.8 Å². The molecular weight excluding hydrogens is 488 g/mol. The third-order valence-electron chi connectivity index (χ3n) is 7.27. The van der Waals surface area contributed by atoms with Crippen molar-refractivity contribution in [3.63, 3.8) is 0 Å². The number of anilines is 6. The molecule has 0 amide bonds. The fourth-order valence-corrected chi connectivity index (χ4v) is 5.45. The molecule has 0 saturated carbocycles. The Kier molecular flexibility index (Phi) is 5.81. The number of pyridine rings is 1. The zero-order chi connectivity index (χ0) is 26.9. The first kappa shape index (κ1) is 23.5. The fraction of sp³-hybridized carbons (Fsp3) is 0. The van der Waals surface area contributed by atoms with Gasteiger partial charge in [-0.1, -0.05) is 78.9 Å². The maximum absolute atomic E-state index is 9.49. The van der Waals surface area contributed by atoms with E-state index < -0.39 is 0 Å². The zero-order valence-electron chi connectivity index (χ0n) is 21.6. The van der Waals surface area contributed by atoms with Crippen LogP contribution in [0.2, 0.25) is 0 Å². The van der Waals surface area contributed by atoms with Crippen molar-refractivity contribution in [2.75, 3.05) is 9.80 Å². The molecule has 1 aliphatic rings. The number of para-hydroxylation sites is 5. The van der Waals surface area contributed by atoms with Gasteiger partial charge in [0.1, 0.15) is 6.07 Å². The highest BCUT2D eigenvalue weighted by atomic mass is 15.3. The molecule has 4 heteroatoms. The topological polar surface area (TPSA) is 43.2 Å². The van der Waals surface area contributed by atoms with Crippen molar-refractivity contribution >= 4 is 34.1 Å². The highest BCUT2D eigenvalue weighted by Gasteiger charge is 2.30. The average Bonchev–Trinajstić information content (AvgIpc) is 3.04. The summed E-state index contributed by atoms with van der Waals surface area (Å²) in [5.41, 5.74) is 11.1. The maximum atomic E-state index is 9.49. The molecule has 2 heterocycles. The Morgan fingerprint density at radius 1 is 0.475 bits per heavy atom. The number of nitrogens with zero attached hydrogens (tertiary/aromatic N) is 4. The van der Waals surface area contributed by atoms with Gasteiger partial charge in [0, 0.05) is 23.1 Å². The van der Waals surface area contributed by atoms with Crippen LogP contribution in [0.15, 0.2) is 146 Å². The number of fused-ring (bicyclic) bond motifs is 2. The number of hydrogen-bond donors (Lipinski definition) is 0. The van der Waals surface area contributed by atoms with Gasteiger partial charge < -0.3 is 9.80 Å². The Morgan fingerprint density at radius 3 is 1.65 bits per heavy atom. The van der Waals surface area contributed by atoms with E-state index in [1.807, 2.05) is 18.2 Å². The Labute approximate surface area is 233 Å². The number of aromatic nitrogens is 1. The normalized spacial score (nSPS) is 11.9. The van der Waals surface area contributed by atoms with E-state index >= 15 is 0 Å². The lowest BCUT2D eigenvalue weighted by atomic mass is 9.99. The summed E-state index contributed by atoms with van der Waals surface area (Å²) in [6.45, 7) is 0. The van der Waals surface area contributed by atoms with Crippen LogP contribution in [0.4, 0.5) is 34.1 Å². The van der Waals surface area contributed by atoms with E-state index in [4.69, 9.17) is 0 Å².